The van der Waals surface area contributed by atoms with E-state index in [1.165, 1.54) is 13.8 Å². The summed E-state index contributed by atoms with van der Waals surface area (Å²) in [5.41, 5.74) is 0. The monoisotopic (exact) mass is 285 g/mol. The van der Waals surface area contributed by atoms with Gasteiger partial charge in [-0.2, -0.15) is 0 Å². The molecule has 5 atom stereocenters. The van der Waals surface area contributed by atoms with Gasteiger partial charge in [-0.05, 0) is 17.8 Å². The van der Waals surface area contributed by atoms with Gasteiger partial charge in [-0.3, -0.25) is 9.59 Å². The number of rotatable bonds is 4. The van der Waals surface area contributed by atoms with E-state index in [0.717, 1.165) is 0 Å². The first kappa shape index (κ1) is 17.0. The van der Waals surface area contributed by atoms with Crippen molar-refractivity contribution in [3.8, 4) is 0 Å². The molecule has 0 bridgehead atoms. The average molecular weight is 285 g/mol. The summed E-state index contributed by atoms with van der Waals surface area (Å²) in [5, 5.41) is 3.01. The second-order valence-corrected chi connectivity index (χ2v) is 6.13. The molecule has 5 nitrogen and oxygen atoms in total. The topological polar surface area (TPSA) is 64.6 Å². The lowest BCUT2D eigenvalue weighted by molar-refractivity contribution is -0.171. The fraction of sp³-hybridized carbons (Fsp3) is 0.867. The molecule has 0 aromatic heterocycles. The van der Waals surface area contributed by atoms with Crippen LogP contribution in [0, 0.1) is 17.8 Å². The quantitative estimate of drug-likeness (QED) is 0.799. The van der Waals surface area contributed by atoms with Crippen molar-refractivity contribution in [2.24, 2.45) is 17.8 Å². The highest BCUT2D eigenvalue weighted by molar-refractivity contribution is 5.73. The van der Waals surface area contributed by atoms with Gasteiger partial charge in [0, 0.05) is 13.8 Å². The number of hydrogen-bond acceptors (Lipinski definition) is 4. The Balaban J connectivity index is 2.82. The smallest absolute Gasteiger partial charge is 0.302 e. The minimum Gasteiger partial charge on any atom is -0.463 e. The maximum atomic E-state index is 11.4. The zero-order valence-corrected chi connectivity index (χ0v) is 13.3. The van der Waals surface area contributed by atoms with Crippen molar-refractivity contribution < 1.29 is 19.1 Å². The van der Waals surface area contributed by atoms with Gasteiger partial charge in [0.15, 0.2) is 0 Å². The summed E-state index contributed by atoms with van der Waals surface area (Å²) in [4.78, 5) is 22.4. The Bertz CT molecular complexity index is 354. The highest BCUT2D eigenvalue weighted by Gasteiger charge is 2.43. The molecule has 1 aliphatic rings. The SMILES string of the molecule is CC(=O)NC1[C@H](C(C)C)OC(COC(C)=O)[C@@H](C)[C@@H]1C. The van der Waals surface area contributed by atoms with Crippen LogP contribution in [0.3, 0.4) is 0 Å². The van der Waals surface area contributed by atoms with Crippen LogP contribution in [0.2, 0.25) is 0 Å². The number of hydrogen-bond donors (Lipinski definition) is 1. The summed E-state index contributed by atoms with van der Waals surface area (Å²) in [6, 6.07) is -0.00363. The van der Waals surface area contributed by atoms with E-state index in [1.807, 2.05) is 0 Å². The number of carbonyl (C=O) groups is 2. The Kier molecular flexibility index (Phi) is 5.99. The first-order valence-electron chi connectivity index (χ1n) is 7.30. The second kappa shape index (κ2) is 7.07. The molecule has 1 amide bonds. The minimum atomic E-state index is -0.293. The highest BCUT2D eigenvalue weighted by atomic mass is 16.6. The van der Waals surface area contributed by atoms with Gasteiger partial charge in [0.1, 0.15) is 6.61 Å². The molecular formula is C15H27NO4. The molecule has 1 rings (SSSR count). The van der Waals surface area contributed by atoms with Gasteiger partial charge in [0.2, 0.25) is 5.91 Å². The predicted molar refractivity (Wildman–Crippen MR) is 76.1 cm³/mol. The molecule has 5 heteroatoms. The number of esters is 1. The molecule has 1 fully saturated rings. The molecule has 0 spiro atoms. The van der Waals surface area contributed by atoms with E-state index in [2.05, 4.69) is 33.0 Å². The third-order valence-electron chi connectivity index (χ3n) is 4.15. The molecule has 0 saturated carbocycles. The summed E-state index contributed by atoms with van der Waals surface area (Å²) in [7, 11) is 0. The van der Waals surface area contributed by atoms with Crippen LogP contribution in [0.4, 0.5) is 0 Å². The fourth-order valence-corrected chi connectivity index (χ4v) is 2.79. The summed E-state index contributed by atoms with van der Waals surface area (Å²) in [5.74, 6) is 0.420. The van der Waals surface area contributed by atoms with Gasteiger partial charge in [-0.15, -0.1) is 0 Å². The summed E-state index contributed by atoms with van der Waals surface area (Å²) >= 11 is 0. The van der Waals surface area contributed by atoms with Crippen molar-refractivity contribution in [1.82, 2.24) is 5.32 Å². The summed E-state index contributed by atoms with van der Waals surface area (Å²) < 4.78 is 11.2. The lowest BCUT2D eigenvalue weighted by atomic mass is 9.77. The van der Waals surface area contributed by atoms with Crippen LogP contribution in [-0.4, -0.2) is 36.7 Å². The zero-order valence-electron chi connectivity index (χ0n) is 13.3. The third-order valence-corrected chi connectivity index (χ3v) is 4.15. The second-order valence-electron chi connectivity index (χ2n) is 6.13. The normalized spacial score (nSPS) is 33.9. The van der Waals surface area contributed by atoms with E-state index >= 15 is 0 Å². The molecule has 0 aromatic carbocycles. The molecule has 1 N–H and O–H groups in total. The number of carbonyl (C=O) groups excluding carboxylic acids is 2. The molecule has 20 heavy (non-hydrogen) atoms. The summed E-state index contributed by atoms with van der Waals surface area (Å²) in [6.07, 6.45) is -0.183. The van der Waals surface area contributed by atoms with Crippen LogP contribution in [0.5, 0.6) is 0 Å². The number of amides is 1. The van der Waals surface area contributed by atoms with Gasteiger partial charge >= 0.3 is 5.97 Å². The molecule has 0 radical (unpaired) electrons. The van der Waals surface area contributed by atoms with Crippen molar-refractivity contribution in [2.75, 3.05) is 6.61 Å². The summed E-state index contributed by atoms with van der Waals surface area (Å²) in [6.45, 7) is 11.5. The molecule has 1 saturated heterocycles. The number of nitrogens with one attached hydrogen (secondary N) is 1. The lowest BCUT2D eigenvalue weighted by Gasteiger charge is -2.46. The van der Waals surface area contributed by atoms with Crippen LogP contribution < -0.4 is 5.32 Å². The van der Waals surface area contributed by atoms with Crippen molar-refractivity contribution in [1.29, 1.82) is 0 Å². The van der Waals surface area contributed by atoms with E-state index in [4.69, 9.17) is 9.47 Å². The Labute approximate surface area is 121 Å². The molecular weight excluding hydrogens is 258 g/mol. The zero-order chi connectivity index (χ0) is 15.4. The first-order chi connectivity index (χ1) is 9.23. The highest BCUT2D eigenvalue weighted by Crippen LogP contribution is 2.33. The van der Waals surface area contributed by atoms with E-state index in [-0.39, 0.29) is 54.5 Å². The molecule has 1 aliphatic heterocycles. The van der Waals surface area contributed by atoms with Crippen LogP contribution in [-0.2, 0) is 19.1 Å². The molecule has 1 heterocycles. The van der Waals surface area contributed by atoms with Crippen LogP contribution in [0.15, 0.2) is 0 Å². The van der Waals surface area contributed by atoms with E-state index < -0.39 is 0 Å². The Hall–Kier alpha value is -1.10. The van der Waals surface area contributed by atoms with Crippen LogP contribution >= 0.6 is 0 Å². The Morgan fingerprint density at radius 2 is 1.80 bits per heavy atom. The molecule has 116 valence electrons. The average Bonchev–Trinajstić information content (AvgIpc) is 2.33. The largest absolute Gasteiger partial charge is 0.463 e. The Morgan fingerprint density at radius 1 is 1.20 bits per heavy atom. The molecule has 0 aromatic rings. The van der Waals surface area contributed by atoms with Crippen molar-refractivity contribution in [3.63, 3.8) is 0 Å². The van der Waals surface area contributed by atoms with Crippen LogP contribution in [0.1, 0.15) is 41.5 Å². The minimum absolute atomic E-state index is 0.00363. The molecule has 2 unspecified atom stereocenters. The molecule has 0 aliphatic carbocycles. The lowest BCUT2D eigenvalue weighted by Crippen LogP contribution is -2.59. The van der Waals surface area contributed by atoms with Gasteiger partial charge in [-0.25, -0.2) is 0 Å². The maximum absolute atomic E-state index is 11.4. The van der Waals surface area contributed by atoms with Crippen LogP contribution in [0.25, 0.3) is 0 Å². The number of ether oxygens (including phenoxy) is 2. The Morgan fingerprint density at radius 3 is 2.25 bits per heavy atom. The maximum Gasteiger partial charge on any atom is 0.302 e. The van der Waals surface area contributed by atoms with E-state index in [1.54, 1.807) is 0 Å². The van der Waals surface area contributed by atoms with E-state index in [0.29, 0.717) is 0 Å². The fourth-order valence-electron chi connectivity index (χ4n) is 2.79. The van der Waals surface area contributed by atoms with Gasteiger partial charge in [0.25, 0.3) is 0 Å². The predicted octanol–water partition coefficient (Wildman–Crippen LogP) is 1.75. The van der Waals surface area contributed by atoms with Gasteiger partial charge in [-0.1, -0.05) is 27.7 Å². The van der Waals surface area contributed by atoms with Crippen molar-refractivity contribution in [3.05, 3.63) is 0 Å². The van der Waals surface area contributed by atoms with Crippen molar-refractivity contribution >= 4 is 11.9 Å². The standard InChI is InChI=1S/C15H27NO4/c1-8(2)15-14(16-11(5)17)10(4)9(3)13(20-15)7-19-12(6)18/h8-10,13-15H,7H2,1-6H3,(H,16,17)/t9-,10-,13?,14?,15-/m0/s1. The van der Waals surface area contributed by atoms with Crippen molar-refractivity contribution in [2.45, 2.75) is 59.8 Å². The van der Waals surface area contributed by atoms with Gasteiger partial charge < -0.3 is 14.8 Å². The first-order valence-corrected chi connectivity index (χ1v) is 7.30. The third kappa shape index (κ3) is 4.20. The van der Waals surface area contributed by atoms with Gasteiger partial charge in [0.05, 0.1) is 18.2 Å². The van der Waals surface area contributed by atoms with E-state index in [9.17, 15) is 9.59 Å².